The topological polar surface area (TPSA) is 74.6 Å². The van der Waals surface area contributed by atoms with Crippen molar-refractivity contribution in [2.75, 3.05) is 0 Å². The number of hydrogen-bond donors (Lipinski definition) is 2. The molecule has 0 bridgehead atoms. The van der Waals surface area contributed by atoms with E-state index in [9.17, 15) is 9.59 Å². The molecule has 22 heavy (non-hydrogen) atoms. The fourth-order valence-electron chi connectivity index (χ4n) is 1.83. The Morgan fingerprint density at radius 2 is 1.32 bits per heavy atom. The molecule has 0 aliphatic rings. The second-order valence-corrected chi connectivity index (χ2v) is 5.88. The number of hydrogen-bond acceptors (Lipinski definition) is 2. The summed E-state index contributed by atoms with van der Waals surface area (Å²) in [6, 6.07) is 0. The summed E-state index contributed by atoms with van der Waals surface area (Å²) in [6.07, 6.45) is 10.4. The fraction of sp³-hybridized carbons (Fsp3) is 0.824. The summed E-state index contributed by atoms with van der Waals surface area (Å²) in [5.74, 6) is -1.19. The molecule has 0 aromatic rings. The van der Waals surface area contributed by atoms with E-state index < -0.39 is 18.4 Å². The van der Waals surface area contributed by atoms with Gasteiger partial charge in [-0.3, -0.25) is 9.59 Å². The third-order valence-corrected chi connectivity index (χ3v) is 3.42. The van der Waals surface area contributed by atoms with E-state index in [1.807, 2.05) is 0 Å². The van der Waals surface area contributed by atoms with Gasteiger partial charge in [0, 0.05) is 0 Å². The Balaban J connectivity index is -0.000000385. The van der Waals surface area contributed by atoms with Crippen LogP contribution >= 0.6 is 0 Å². The molecule has 126 valence electrons. The second kappa shape index (κ2) is 19.0. The van der Waals surface area contributed by atoms with E-state index >= 15 is 0 Å². The average molecular weight is 324 g/mol. The first-order valence-corrected chi connectivity index (χ1v) is 8.07. The number of aliphatic carboxylic acids is 2. The van der Waals surface area contributed by atoms with Crippen molar-refractivity contribution in [3.63, 3.8) is 0 Å². The third-order valence-electron chi connectivity index (χ3n) is 3.42. The average Bonchev–Trinajstić information content (AvgIpc) is 2.36. The van der Waals surface area contributed by atoms with E-state index in [1.165, 1.54) is 51.4 Å². The van der Waals surface area contributed by atoms with Crippen LogP contribution < -0.4 is 29.6 Å². The largest absolute Gasteiger partial charge is 1.00 e. The molecule has 1 unspecified atom stereocenters. The summed E-state index contributed by atoms with van der Waals surface area (Å²) >= 11 is 0. The van der Waals surface area contributed by atoms with Crippen LogP contribution in [-0.2, 0) is 9.59 Å². The summed E-state index contributed by atoms with van der Waals surface area (Å²) in [5.41, 5.74) is 0. The first kappa shape index (κ1) is 26.8. The Kier molecular flexibility index (Phi) is 23.1. The van der Waals surface area contributed by atoms with Gasteiger partial charge in [0.05, 0.1) is 0 Å². The molecular formula is C17H33NaO4. The molecule has 1 atom stereocenters. The fourth-order valence-corrected chi connectivity index (χ4v) is 1.83. The zero-order chi connectivity index (χ0) is 16.7. The smallest absolute Gasteiger partial charge is 0.481 e. The van der Waals surface area contributed by atoms with E-state index in [-0.39, 0.29) is 29.6 Å². The monoisotopic (exact) mass is 324 g/mol. The molecule has 0 heterocycles. The van der Waals surface area contributed by atoms with E-state index in [1.54, 1.807) is 0 Å². The minimum absolute atomic E-state index is 0. The quantitative estimate of drug-likeness (QED) is 0.263. The van der Waals surface area contributed by atoms with Crippen LogP contribution in [0, 0.1) is 18.8 Å². The van der Waals surface area contributed by atoms with Gasteiger partial charge in [0.25, 0.3) is 0 Å². The van der Waals surface area contributed by atoms with Gasteiger partial charge in [0.1, 0.15) is 6.42 Å². The summed E-state index contributed by atoms with van der Waals surface area (Å²) < 4.78 is 0. The van der Waals surface area contributed by atoms with Crippen LogP contribution in [0.5, 0.6) is 0 Å². The molecule has 4 nitrogen and oxygen atoms in total. The number of carbonyl (C=O) groups is 2. The molecule has 0 aliphatic carbocycles. The van der Waals surface area contributed by atoms with Crippen LogP contribution in [0.4, 0.5) is 0 Å². The first-order chi connectivity index (χ1) is 9.81. The number of carboxylic acids is 2. The van der Waals surface area contributed by atoms with Gasteiger partial charge in [-0.15, -0.1) is 0 Å². The Morgan fingerprint density at radius 3 is 1.64 bits per heavy atom. The molecule has 2 N–H and O–H groups in total. The van der Waals surface area contributed by atoms with Gasteiger partial charge < -0.3 is 17.1 Å². The summed E-state index contributed by atoms with van der Waals surface area (Å²) in [4.78, 5) is 18.9. The molecule has 0 fully saturated rings. The third kappa shape index (κ3) is 24.9. The summed E-state index contributed by atoms with van der Waals surface area (Å²) in [6.45, 7) is 11.0. The predicted octanol–water partition coefficient (Wildman–Crippen LogP) is 1.78. The van der Waals surface area contributed by atoms with Crippen LogP contribution in [0.1, 0.15) is 78.6 Å². The first-order valence-electron chi connectivity index (χ1n) is 8.07. The molecule has 0 aromatic heterocycles. The van der Waals surface area contributed by atoms with Crippen molar-refractivity contribution in [3.8, 4) is 0 Å². The Hall–Kier alpha value is -0.0600. The van der Waals surface area contributed by atoms with Crippen molar-refractivity contribution in [2.45, 2.75) is 78.6 Å². The molecule has 5 heteroatoms. The molecule has 0 amide bonds. The number of unbranched alkanes of at least 4 members (excludes halogenated alkanes) is 6. The molecule has 0 aliphatic heterocycles. The van der Waals surface area contributed by atoms with Crippen molar-refractivity contribution in [2.24, 2.45) is 11.8 Å². The molecule has 0 aromatic carbocycles. The van der Waals surface area contributed by atoms with Crippen molar-refractivity contribution in [1.82, 2.24) is 0 Å². The van der Waals surface area contributed by atoms with Crippen LogP contribution in [-0.4, -0.2) is 22.2 Å². The maximum atomic E-state index is 9.43. The minimum atomic E-state index is -1.31. The standard InChI is InChI=1S/C14H29.C3H4O4.Na/c1-5-6-7-8-9-10-11-12-14(4)13(2)3;4-2(5)1-3(6)7;/h13-14H,4-12H2,1-3H3;1H2,(H,4,5)(H,6,7);/q-1;;+1. The minimum Gasteiger partial charge on any atom is -0.481 e. The predicted molar refractivity (Wildman–Crippen MR) is 86.2 cm³/mol. The summed E-state index contributed by atoms with van der Waals surface area (Å²) in [5, 5.41) is 15.4. The van der Waals surface area contributed by atoms with Gasteiger partial charge in [0.2, 0.25) is 0 Å². The van der Waals surface area contributed by atoms with Gasteiger partial charge in [-0.25, -0.2) is 0 Å². The molecule has 0 radical (unpaired) electrons. The number of rotatable bonds is 11. The van der Waals surface area contributed by atoms with Crippen LogP contribution in [0.2, 0.25) is 0 Å². The van der Waals surface area contributed by atoms with Gasteiger partial charge in [-0.05, 0) is 0 Å². The van der Waals surface area contributed by atoms with Crippen molar-refractivity contribution < 1.29 is 49.4 Å². The van der Waals surface area contributed by atoms with Gasteiger partial charge >= 0.3 is 41.5 Å². The van der Waals surface area contributed by atoms with Crippen LogP contribution in [0.15, 0.2) is 0 Å². The van der Waals surface area contributed by atoms with E-state index in [0.717, 1.165) is 5.92 Å². The molecular weight excluding hydrogens is 291 g/mol. The zero-order valence-corrected chi connectivity index (χ0v) is 16.9. The zero-order valence-electron chi connectivity index (χ0n) is 14.9. The van der Waals surface area contributed by atoms with E-state index in [0.29, 0.717) is 5.92 Å². The van der Waals surface area contributed by atoms with Gasteiger partial charge in [0.15, 0.2) is 0 Å². The Labute approximate surface area is 158 Å². The van der Waals surface area contributed by atoms with Crippen LogP contribution in [0.3, 0.4) is 0 Å². The Bertz CT molecular complexity index is 255. The van der Waals surface area contributed by atoms with Crippen molar-refractivity contribution in [3.05, 3.63) is 6.92 Å². The second-order valence-electron chi connectivity index (χ2n) is 5.88. The van der Waals surface area contributed by atoms with Crippen LogP contribution in [0.25, 0.3) is 0 Å². The Morgan fingerprint density at radius 1 is 0.909 bits per heavy atom. The van der Waals surface area contributed by atoms with Crippen molar-refractivity contribution >= 4 is 11.9 Å². The molecule has 0 spiro atoms. The molecule has 0 saturated heterocycles. The van der Waals surface area contributed by atoms with E-state index in [2.05, 4.69) is 27.7 Å². The SMILES string of the molecule is O=C(O)CC(=O)O.[CH2-]C(CCCCCCCCC)C(C)C.[Na+]. The molecule has 0 rings (SSSR count). The maximum Gasteiger partial charge on any atom is 1.00 e. The maximum absolute atomic E-state index is 9.43. The van der Waals surface area contributed by atoms with Crippen molar-refractivity contribution in [1.29, 1.82) is 0 Å². The van der Waals surface area contributed by atoms with Gasteiger partial charge in [-0.2, -0.15) is 5.92 Å². The summed E-state index contributed by atoms with van der Waals surface area (Å²) in [7, 11) is 0. The van der Waals surface area contributed by atoms with E-state index in [4.69, 9.17) is 10.2 Å². The molecule has 0 saturated carbocycles. The van der Waals surface area contributed by atoms with Gasteiger partial charge in [-0.1, -0.05) is 78.1 Å². The normalized spacial score (nSPS) is 11.1. The number of carboxylic acid groups (broad SMARTS) is 2.